The third-order valence-corrected chi connectivity index (χ3v) is 4.19. The van der Waals surface area contributed by atoms with Crippen molar-refractivity contribution in [3.8, 4) is 0 Å². The highest BCUT2D eigenvalue weighted by Gasteiger charge is 2.35. The maximum atomic E-state index is 11.7. The molecule has 4 rings (SSSR count). The van der Waals surface area contributed by atoms with Gasteiger partial charge in [-0.05, 0) is 19.4 Å². The first-order chi connectivity index (χ1) is 10.2. The van der Waals surface area contributed by atoms with Crippen LogP contribution in [0.2, 0.25) is 0 Å². The van der Waals surface area contributed by atoms with Gasteiger partial charge in [0.25, 0.3) is 0 Å². The van der Waals surface area contributed by atoms with E-state index in [0.717, 1.165) is 36.5 Å². The highest BCUT2D eigenvalue weighted by atomic mass is 16.6. The van der Waals surface area contributed by atoms with Gasteiger partial charge in [-0.2, -0.15) is 5.10 Å². The van der Waals surface area contributed by atoms with E-state index in [9.17, 15) is 4.79 Å². The summed E-state index contributed by atoms with van der Waals surface area (Å²) in [7, 11) is 0. The molecule has 0 saturated carbocycles. The molecule has 2 aromatic heterocycles. The average molecular weight is 287 g/mol. The van der Waals surface area contributed by atoms with Crippen molar-refractivity contribution in [2.75, 3.05) is 31.1 Å². The third kappa shape index (κ3) is 2.00. The number of rotatable bonds is 2. The highest BCUT2D eigenvalue weighted by molar-refractivity contribution is 5.71. The van der Waals surface area contributed by atoms with Crippen LogP contribution >= 0.6 is 0 Å². The smallest absolute Gasteiger partial charge is 0.410 e. The van der Waals surface area contributed by atoms with Crippen molar-refractivity contribution in [2.24, 2.45) is 0 Å². The van der Waals surface area contributed by atoms with E-state index in [2.05, 4.69) is 15.0 Å². The lowest BCUT2D eigenvalue weighted by molar-refractivity contribution is 0.150. The molecule has 0 aliphatic carbocycles. The van der Waals surface area contributed by atoms with Crippen molar-refractivity contribution in [2.45, 2.75) is 19.4 Å². The van der Waals surface area contributed by atoms with Gasteiger partial charge in [-0.1, -0.05) is 0 Å². The van der Waals surface area contributed by atoms with E-state index in [0.29, 0.717) is 13.2 Å². The molecule has 7 heteroatoms. The van der Waals surface area contributed by atoms with E-state index in [1.54, 1.807) is 6.20 Å². The van der Waals surface area contributed by atoms with Gasteiger partial charge in [0.2, 0.25) is 0 Å². The Morgan fingerprint density at radius 3 is 3.10 bits per heavy atom. The maximum Gasteiger partial charge on any atom is 0.410 e. The summed E-state index contributed by atoms with van der Waals surface area (Å²) in [5.41, 5.74) is 1.99. The minimum absolute atomic E-state index is 0.187. The van der Waals surface area contributed by atoms with E-state index in [1.165, 1.54) is 0 Å². The van der Waals surface area contributed by atoms with Crippen LogP contribution in [0.4, 0.5) is 10.6 Å². The van der Waals surface area contributed by atoms with E-state index in [4.69, 9.17) is 4.74 Å². The zero-order valence-corrected chi connectivity index (χ0v) is 11.9. The van der Waals surface area contributed by atoms with Crippen molar-refractivity contribution < 1.29 is 9.53 Å². The molecule has 4 heterocycles. The largest absolute Gasteiger partial charge is 0.448 e. The van der Waals surface area contributed by atoms with Gasteiger partial charge in [0.05, 0.1) is 18.3 Å². The molecule has 2 aliphatic heterocycles. The van der Waals surface area contributed by atoms with Gasteiger partial charge in [0.1, 0.15) is 12.1 Å². The van der Waals surface area contributed by atoms with Crippen molar-refractivity contribution in [3.05, 3.63) is 24.2 Å². The van der Waals surface area contributed by atoms with Crippen molar-refractivity contribution in [1.82, 2.24) is 19.5 Å². The monoisotopic (exact) mass is 287 g/mol. The Kier molecular flexibility index (Phi) is 2.73. The molecule has 0 bridgehead atoms. The number of ether oxygens (including phenoxy) is 1. The summed E-state index contributed by atoms with van der Waals surface area (Å²) in [4.78, 5) is 20.3. The molecule has 7 nitrogen and oxygen atoms in total. The quantitative estimate of drug-likeness (QED) is 0.826. The second-order valence-electron chi connectivity index (χ2n) is 5.56. The van der Waals surface area contributed by atoms with Crippen LogP contribution in [0.5, 0.6) is 0 Å². The van der Waals surface area contributed by atoms with Crippen LogP contribution in [0.25, 0.3) is 5.52 Å². The van der Waals surface area contributed by atoms with Crippen LogP contribution in [0.3, 0.4) is 0 Å². The molecule has 0 radical (unpaired) electrons. The number of hydrogen-bond donors (Lipinski definition) is 0. The molecule has 0 spiro atoms. The summed E-state index contributed by atoms with van der Waals surface area (Å²) < 4.78 is 6.89. The van der Waals surface area contributed by atoms with E-state index in [-0.39, 0.29) is 12.1 Å². The molecule has 2 saturated heterocycles. The first-order valence-electron chi connectivity index (χ1n) is 7.22. The molecule has 2 aliphatic rings. The molecule has 0 N–H and O–H groups in total. The average Bonchev–Trinajstić information content (AvgIpc) is 3.15. The zero-order chi connectivity index (χ0) is 14.4. The van der Waals surface area contributed by atoms with Gasteiger partial charge in [-0.3, -0.25) is 4.90 Å². The van der Waals surface area contributed by atoms with Gasteiger partial charge >= 0.3 is 6.09 Å². The highest BCUT2D eigenvalue weighted by Crippen LogP contribution is 2.26. The van der Waals surface area contributed by atoms with E-state index >= 15 is 0 Å². The van der Waals surface area contributed by atoms with E-state index in [1.807, 2.05) is 28.6 Å². The minimum Gasteiger partial charge on any atom is -0.448 e. The molecule has 1 atom stereocenters. The predicted molar refractivity (Wildman–Crippen MR) is 76.4 cm³/mol. The molecule has 0 aromatic carbocycles. The molecule has 1 amide bonds. The third-order valence-electron chi connectivity index (χ3n) is 4.19. The summed E-state index contributed by atoms with van der Waals surface area (Å²) in [6.45, 7) is 4.87. The van der Waals surface area contributed by atoms with Gasteiger partial charge in [-0.25, -0.2) is 14.3 Å². The standard InChI is InChI=1S/C14H17N5O2/c1-10-8-12-13(15-3-5-19(12)16-10)17-4-2-11(9-17)18-6-7-21-14(18)20/h3,5,8,11H,2,4,6-7,9H2,1H3. The Morgan fingerprint density at radius 2 is 2.29 bits per heavy atom. The number of amides is 1. The summed E-state index contributed by atoms with van der Waals surface area (Å²) in [6.07, 6.45) is 4.39. The Bertz CT molecular complexity index is 698. The fourth-order valence-electron chi connectivity index (χ4n) is 3.20. The number of nitrogens with zero attached hydrogens (tertiary/aromatic N) is 5. The maximum absolute atomic E-state index is 11.7. The fourth-order valence-corrected chi connectivity index (χ4v) is 3.20. The number of aryl methyl sites for hydroxylation is 1. The number of cyclic esters (lactones) is 1. The topological polar surface area (TPSA) is 63.0 Å². The summed E-state index contributed by atoms with van der Waals surface area (Å²) in [6, 6.07) is 2.26. The lowest BCUT2D eigenvalue weighted by atomic mass is 10.2. The number of fused-ring (bicyclic) bond motifs is 1. The predicted octanol–water partition coefficient (Wildman–Crippen LogP) is 1.07. The van der Waals surface area contributed by atoms with Gasteiger partial charge in [0, 0.05) is 25.5 Å². The summed E-state index contributed by atoms with van der Waals surface area (Å²) in [5, 5.41) is 4.42. The Hall–Kier alpha value is -2.31. The Morgan fingerprint density at radius 1 is 1.38 bits per heavy atom. The van der Waals surface area contributed by atoms with Crippen LogP contribution in [0.15, 0.2) is 18.5 Å². The number of anilines is 1. The SMILES string of the molecule is Cc1cc2c(N3CCC(N4CCOC4=O)C3)nccn2n1. The number of carbonyl (C=O) groups excluding carboxylic acids is 1. The lowest BCUT2D eigenvalue weighted by Gasteiger charge is -2.22. The Labute approximate surface area is 122 Å². The summed E-state index contributed by atoms with van der Waals surface area (Å²) >= 11 is 0. The first kappa shape index (κ1) is 12.4. The van der Waals surface area contributed by atoms with Crippen LogP contribution < -0.4 is 4.90 Å². The van der Waals surface area contributed by atoms with Crippen LogP contribution in [0, 0.1) is 6.92 Å². The first-order valence-corrected chi connectivity index (χ1v) is 7.22. The molecule has 110 valence electrons. The van der Waals surface area contributed by atoms with Crippen molar-refractivity contribution in [3.63, 3.8) is 0 Å². The second kappa shape index (κ2) is 4.61. The Balaban J connectivity index is 1.61. The van der Waals surface area contributed by atoms with Gasteiger partial charge in [0.15, 0.2) is 5.82 Å². The minimum atomic E-state index is -0.187. The number of hydrogen-bond acceptors (Lipinski definition) is 5. The number of aromatic nitrogens is 3. The van der Waals surface area contributed by atoms with Crippen molar-refractivity contribution >= 4 is 17.4 Å². The van der Waals surface area contributed by atoms with Crippen LogP contribution in [-0.2, 0) is 4.74 Å². The zero-order valence-electron chi connectivity index (χ0n) is 11.9. The molecular weight excluding hydrogens is 270 g/mol. The van der Waals surface area contributed by atoms with Crippen LogP contribution in [0.1, 0.15) is 12.1 Å². The molecule has 2 aromatic rings. The normalized spacial score (nSPS) is 22.3. The number of carbonyl (C=O) groups is 1. The summed E-state index contributed by atoms with van der Waals surface area (Å²) in [5.74, 6) is 0.938. The molecular formula is C14H17N5O2. The molecule has 2 fully saturated rings. The second-order valence-corrected chi connectivity index (χ2v) is 5.56. The van der Waals surface area contributed by atoms with Crippen molar-refractivity contribution in [1.29, 1.82) is 0 Å². The molecule has 1 unspecified atom stereocenters. The van der Waals surface area contributed by atoms with Crippen LogP contribution in [-0.4, -0.2) is 57.9 Å². The lowest BCUT2D eigenvalue weighted by Crippen LogP contribution is -2.38. The van der Waals surface area contributed by atoms with Gasteiger partial charge in [-0.15, -0.1) is 0 Å². The molecule has 21 heavy (non-hydrogen) atoms. The fraction of sp³-hybridized carbons (Fsp3) is 0.500. The van der Waals surface area contributed by atoms with Gasteiger partial charge < -0.3 is 9.64 Å². The van der Waals surface area contributed by atoms with E-state index < -0.39 is 0 Å².